The molecule has 26 heavy (non-hydrogen) atoms. The minimum Gasteiger partial charge on any atom is -0.341 e. The number of rotatable bonds is 3. The number of carbonyl (C=O) groups excluding carboxylic acids is 1. The van der Waals surface area contributed by atoms with Crippen molar-refractivity contribution in [3.63, 3.8) is 0 Å². The standard InChI is InChI=1S/C19H21N3O2S2/c1-12-5-7-21(8-6-12)16(23)9-22-11-20-18-17(19(22)24)14(10-25-18)15-4-3-13(2)26-15/h3-4,10-12H,5-9H2,1-2H3. The van der Waals surface area contributed by atoms with Gasteiger partial charge in [-0.1, -0.05) is 6.92 Å². The fourth-order valence-electron chi connectivity index (χ4n) is 3.34. The van der Waals surface area contributed by atoms with E-state index in [1.165, 1.54) is 27.1 Å². The first-order chi connectivity index (χ1) is 12.5. The number of aryl methyl sites for hydroxylation is 1. The third-order valence-corrected chi connectivity index (χ3v) is 6.93. The first-order valence-electron chi connectivity index (χ1n) is 8.84. The van der Waals surface area contributed by atoms with Crippen LogP contribution in [-0.4, -0.2) is 33.4 Å². The van der Waals surface area contributed by atoms with Crippen LogP contribution >= 0.6 is 22.7 Å². The van der Waals surface area contributed by atoms with Gasteiger partial charge in [0.25, 0.3) is 5.56 Å². The maximum atomic E-state index is 13.0. The first-order valence-corrected chi connectivity index (χ1v) is 10.5. The molecule has 1 fully saturated rings. The highest BCUT2D eigenvalue weighted by Crippen LogP contribution is 2.34. The van der Waals surface area contributed by atoms with Gasteiger partial charge in [0.2, 0.25) is 5.91 Å². The SMILES string of the molecule is Cc1ccc(-c2csc3ncn(CC(=O)N4CCC(C)CC4)c(=O)c23)s1. The molecule has 1 amide bonds. The summed E-state index contributed by atoms with van der Waals surface area (Å²) in [6, 6.07) is 4.09. The Kier molecular flexibility index (Phi) is 4.67. The van der Waals surface area contributed by atoms with Crippen LogP contribution in [0.1, 0.15) is 24.6 Å². The molecule has 0 N–H and O–H groups in total. The molecule has 4 rings (SSSR count). The van der Waals surface area contributed by atoms with E-state index in [1.54, 1.807) is 11.3 Å². The highest BCUT2D eigenvalue weighted by atomic mass is 32.1. The summed E-state index contributed by atoms with van der Waals surface area (Å²) in [5.74, 6) is 0.673. The number of aromatic nitrogens is 2. The average molecular weight is 388 g/mol. The second-order valence-electron chi connectivity index (χ2n) is 6.98. The molecule has 0 spiro atoms. The van der Waals surface area contributed by atoms with Crippen LogP contribution in [0.25, 0.3) is 20.7 Å². The Bertz CT molecular complexity index is 1010. The van der Waals surface area contributed by atoms with Crippen molar-refractivity contribution in [3.8, 4) is 10.4 Å². The van der Waals surface area contributed by atoms with Gasteiger partial charge in [0, 0.05) is 33.8 Å². The first kappa shape index (κ1) is 17.4. The maximum absolute atomic E-state index is 13.0. The van der Waals surface area contributed by atoms with Gasteiger partial charge in [0.05, 0.1) is 11.7 Å². The molecule has 1 aliphatic heterocycles. The summed E-state index contributed by atoms with van der Waals surface area (Å²) in [5, 5.41) is 2.61. The molecule has 3 aromatic heterocycles. The van der Waals surface area contributed by atoms with E-state index in [0.717, 1.165) is 41.2 Å². The summed E-state index contributed by atoms with van der Waals surface area (Å²) in [5.41, 5.74) is 0.797. The highest BCUT2D eigenvalue weighted by molar-refractivity contribution is 7.19. The van der Waals surface area contributed by atoms with E-state index < -0.39 is 0 Å². The summed E-state index contributed by atoms with van der Waals surface area (Å²) in [6.45, 7) is 5.89. The lowest BCUT2D eigenvalue weighted by Gasteiger charge is -2.30. The molecule has 0 aromatic carbocycles. The number of amides is 1. The van der Waals surface area contributed by atoms with Gasteiger partial charge < -0.3 is 4.90 Å². The average Bonchev–Trinajstić information content (AvgIpc) is 3.24. The van der Waals surface area contributed by atoms with Crippen molar-refractivity contribution in [2.75, 3.05) is 13.1 Å². The van der Waals surface area contributed by atoms with Crippen molar-refractivity contribution < 1.29 is 4.79 Å². The van der Waals surface area contributed by atoms with E-state index in [0.29, 0.717) is 11.3 Å². The molecule has 0 saturated carbocycles. The molecule has 5 nitrogen and oxygen atoms in total. The van der Waals surface area contributed by atoms with Crippen LogP contribution in [-0.2, 0) is 11.3 Å². The highest BCUT2D eigenvalue weighted by Gasteiger charge is 2.22. The summed E-state index contributed by atoms with van der Waals surface area (Å²) in [7, 11) is 0. The van der Waals surface area contributed by atoms with Crippen LogP contribution in [0.2, 0.25) is 0 Å². The van der Waals surface area contributed by atoms with Gasteiger partial charge >= 0.3 is 0 Å². The van der Waals surface area contributed by atoms with Crippen LogP contribution in [0.15, 0.2) is 28.6 Å². The molecule has 1 aliphatic rings. The normalized spacial score (nSPS) is 15.7. The van der Waals surface area contributed by atoms with E-state index in [2.05, 4.69) is 24.9 Å². The number of hydrogen-bond donors (Lipinski definition) is 0. The Labute approximate surface area is 159 Å². The monoisotopic (exact) mass is 387 g/mol. The number of piperidine rings is 1. The predicted molar refractivity (Wildman–Crippen MR) is 107 cm³/mol. The molecule has 0 bridgehead atoms. The Hall–Kier alpha value is -1.99. The Morgan fingerprint density at radius 3 is 2.77 bits per heavy atom. The number of nitrogens with zero attached hydrogens (tertiary/aromatic N) is 3. The fraction of sp³-hybridized carbons (Fsp3) is 0.421. The molecule has 136 valence electrons. The van der Waals surface area contributed by atoms with Crippen molar-refractivity contribution in [2.24, 2.45) is 5.92 Å². The van der Waals surface area contributed by atoms with Crippen molar-refractivity contribution in [1.82, 2.24) is 14.5 Å². The number of hydrogen-bond acceptors (Lipinski definition) is 5. The molecule has 3 aromatic rings. The number of carbonyl (C=O) groups is 1. The third kappa shape index (κ3) is 3.21. The lowest BCUT2D eigenvalue weighted by atomic mass is 9.99. The molecular weight excluding hydrogens is 366 g/mol. The van der Waals surface area contributed by atoms with E-state index in [-0.39, 0.29) is 18.0 Å². The lowest BCUT2D eigenvalue weighted by Crippen LogP contribution is -2.41. The molecule has 0 atom stereocenters. The summed E-state index contributed by atoms with van der Waals surface area (Å²) >= 11 is 3.14. The summed E-state index contributed by atoms with van der Waals surface area (Å²) in [4.78, 5) is 34.9. The zero-order chi connectivity index (χ0) is 18.3. The van der Waals surface area contributed by atoms with E-state index in [1.807, 2.05) is 16.3 Å². The Morgan fingerprint density at radius 2 is 2.08 bits per heavy atom. The summed E-state index contributed by atoms with van der Waals surface area (Å²) < 4.78 is 1.46. The second kappa shape index (κ2) is 6.96. The van der Waals surface area contributed by atoms with Crippen molar-refractivity contribution in [1.29, 1.82) is 0 Å². The van der Waals surface area contributed by atoms with Gasteiger partial charge in [-0.05, 0) is 37.8 Å². The molecule has 1 saturated heterocycles. The third-order valence-electron chi connectivity index (χ3n) is 5.01. The van der Waals surface area contributed by atoms with Crippen LogP contribution in [0.5, 0.6) is 0 Å². The van der Waals surface area contributed by atoms with Gasteiger partial charge in [-0.3, -0.25) is 14.2 Å². The zero-order valence-electron chi connectivity index (χ0n) is 14.9. The van der Waals surface area contributed by atoms with Gasteiger partial charge in [0.1, 0.15) is 11.4 Å². The van der Waals surface area contributed by atoms with Crippen molar-refractivity contribution in [3.05, 3.63) is 39.1 Å². The van der Waals surface area contributed by atoms with Crippen LogP contribution < -0.4 is 5.56 Å². The van der Waals surface area contributed by atoms with Gasteiger partial charge in [-0.15, -0.1) is 22.7 Å². The van der Waals surface area contributed by atoms with E-state index >= 15 is 0 Å². The largest absolute Gasteiger partial charge is 0.341 e. The zero-order valence-corrected chi connectivity index (χ0v) is 16.5. The van der Waals surface area contributed by atoms with Crippen LogP contribution in [0.4, 0.5) is 0 Å². The van der Waals surface area contributed by atoms with Gasteiger partial charge in [-0.25, -0.2) is 4.98 Å². The second-order valence-corrected chi connectivity index (χ2v) is 9.13. The molecule has 0 radical (unpaired) electrons. The molecule has 0 unspecified atom stereocenters. The fourth-order valence-corrected chi connectivity index (χ4v) is 5.21. The quantitative estimate of drug-likeness (QED) is 0.688. The van der Waals surface area contributed by atoms with E-state index in [9.17, 15) is 9.59 Å². The predicted octanol–water partition coefficient (Wildman–Crippen LogP) is 3.75. The molecule has 4 heterocycles. The Morgan fingerprint density at radius 1 is 1.31 bits per heavy atom. The number of likely N-dealkylation sites (tertiary alicyclic amines) is 1. The van der Waals surface area contributed by atoms with Crippen molar-refractivity contribution in [2.45, 2.75) is 33.2 Å². The molecule has 0 aliphatic carbocycles. The minimum atomic E-state index is -0.129. The molecule has 7 heteroatoms. The van der Waals surface area contributed by atoms with Crippen LogP contribution in [0.3, 0.4) is 0 Å². The van der Waals surface area contributed by atoms with Gasteiger partial charge in [0.15, 0.2) is 0 Å². The van der Waals surface area contributed by atoms with Crippen LogP contribution in [0, 0.1) is 12.8 Å². The Balaban J connectivity index is 1.65. The molecular formula is C19H21N3O2S2. The lowest BCUT2D eigenvalue weighted by molar-refractivity contribution is -0.133. The minimum absolute atomic E-state index is 0.00361. The smallest absolute Gasteiger partial charge is 0.263 e. The number of fused-ring (bicyclic) bond motifs is 1. The summed E-state index contributed by atoms with van der Waals surface area (Å²) in [6.07, 6.45) is 3.57. The number of thiophene rings is 2. The topological polar surface area (TPSA) is 55.2 Å². The van der Waals surface area contributed by atoms with Gasteiger partial charge in [-0.2, -0.15) is 0 Å². The van der Waals surface area contributed by atoms with E-state index in [4.69, 9.17) is 0 Å². The maximum Gasteiger partial charge on any atom is 0.263 e. The van der Waals surface area contributed by atoms with Crippen molar-refractivity contribution >= 4 is 38.8 Å².